The molecule has 1 saturated heterocycles. The van der Waals surface area contributed by atoms with Crippen molar-refractivity contribution in [3.05, 3.63) is 16.6 Å². The molecule has 0 bridgehead atoms. The highest BCUT2D eigenvalue weighted by Crippen LogP contribution is 2.13. The molecule has 2 N–H and O–H groups in total. The van der Waals surface area contributed by atoms with Crippen molar-refractivity contribution < 1.29 is 0 Å². The fraction of sp³-hybridized carbons (Fsp3) is 0.700. The van der Waals surface area contributed by atoms with Crippen LogP contribution in [0, 0.1) is 5.92 Å². The van der Waals surface area contributed by atoms with Crippen molar-refractivity contribution in [2.75, 3.05) is 13.1 Å². The molecule has 2 unspecified atom stereocenters. The highest BCUT2D eigenvalue weighted by molar-refractivity contribution is 7.09. The lowest BCUT2D eigenvalue weighted by molar-refractivity contribution is 0.449. The summed E-state index contributed by atoms with van der Waals surface area (Å²) >= 11 is 1.71. The normalized spacial score (nSPS) is 26.9. The van der Waals surface area contributed by atoms with Crippen molar-refractivity contribution in [3.63, 3.8) is 0 Å². The van der Waals surface area contributed by atoms with E-state index in [1.807, 2.05) is 11.7 Å². The quantitative estimate of drug-likeness (QED) is 0.786. The van der Waals surface area contributed by atoms with Crippen LogP contribution in [-0.4, -0.2) is 24.1 Å². The second kappa shape index (κ2) is 4.87. The average molecular weight is 211 g/mol. The van der Waals surface area contributed by atoms with Crippen LogP contribution in [0.2, 0.25) is 0 Å². The standard InChI is InChI=1S/C10H17N3S/c1-8-2-3-13-10(8)6-11-4-9-5-12-7-14-9/h5,7-8,10-11,13H,2-4,6H2,1H3. The van der Waals surface area contributed by atoms with Crippen LogP contribution in [0.4, 0.5) is 0 Å². The van der Waals surface area contributed by atoms with Gasteiger partial charge in [-0.2, -0.15) is 0 Å². The van der Waals surface area contributed by atoms with E-state index >= 15 is 0 Å². The van der Waals surface area contributed by atoms with Crippen molar-refractivity contribution in [2.45, 2.75) is 25.9 Å². The van der Waals surface area contributed by atoms with Crippen molar-refractivity contribution >= 4 is 11.3 Å². The summed E-state index contributed by atoms with van der Waals surface area (Å²) in [5.74, 6) is 0.809. The molecule has 0 amide bonds. The Balaban J connectivity index is 1.68. The van der Waals surface area contributed by atoms with Gasteiger partial charge in [-0.1, -0.05) is 6.92 Å². The van der Waals surface area contributed by atoms with Crippen molar-refractivity contribution in [1.82, 2.24) is 15.6 Å². The monoisotopic (exact) mass is 211 g/mol. The first-order valence-corrected chi connectivity index (χ1v) is 6.05. The first kappa shape index (κ1) is 10.1. The Morgan fingerprint density at radius 2 is 2.64 bits per heavy atom. The van der Waals surface area contributed by atoms with Gasteiger partial charge in [0.15, 0.2) is 0 Å². The van der Waals surface area contributed by atoms with Crippen LogP contribution >= 0.6 is 11.3 Å². The smallest absolute Gasteiger partial charge is 0.0794 e. The van der Waals surface area contributed by atoms with E-state index in [0.29, 0.717) is 6.04 Å². The number of nitrogens with zero attached hydrogens (tertiary/aromatic N) is 1. The van der Waals surface area contributed by atoms with Gasteiger partial charge < -0.3 is 10.6 Å². The molecule has 4 heteroatoms. The maximum Gasteiger partial charge on any atom is 0.0794 e. The van der Waals surface area contributed by atoms with Crippen molar-refractivity contribution in [2.24, 2.45) is 5.92 Å². The lowest BCUT2D eigenvalue weighted by atomic mass is 10.0. The second-order valence-corrected chi connectivity index (χ2v) is 4.90. The van der Waals surface area contributed by atoms with Crippen LogP contribution in [0.1, 0.15) is 18.2 Å². The highest BCUT2D eigenvalue weighted by atomic mass is 32.1. The molecule has 3 nitrogen and oxygen atoms in total. The van der Waals surface area contributed by atoms with E-state index in [9.17, 15) is 0 Å². The lowest BCUT2D eigenvalue weighted by Gasteiger charge is -2.15. The zero-order valence-electron chi connectivity index (χ0n) is 8.49. The number of thiazole rings is 1. The van der Waals surface area contributed by atoms with Crippen molar-refractivity contribution in [3.8, 4) is 0 Å². The molecule has 1 aromatic heterocycles. The van der Waals surface area contributed by atoms with Crippen LogP contribution in [0.15, 0.2) is 11.7 Å². The first-order valence-electron chi connectivity index (χ1n) is 5.17. The largest absolute Gasteiger partial charge is 0.312 e. The van der Waals surface area contributed by atoms with E-state index in [4.69, 9.17) is 0 Å². The van der Waals surface area contributed by atoms with E-state index in [0.717, 1.165) is 19.0 Å². The van der Waals surface area contributed by atoms with E-state index in [2.05, 4.69) is 22.5 Å². The second-order valence-electron chi connectivity index (χ2n) is 3.93. The Labute approximate surface area is 88.9 Å². The van der Waals surface area contributed by atoms with Crippen LogP contribution in [0.3, 0.4) is 0 Å². The van der Waals surface area contributed by atoms with Gasteiger partial charge in [-0.25, -0.2) is 0 Å². The molecule has 2 heterocycles. The van der Waals surface area contributed by atoms with Crippen molar-refractivity contribution in [1.29, 1.82) is 0 Å². The molecular weight excluding hydrogens is 194 g/mol. The fourth-order valence-corrected chi connectivity index (χ4v) is 2.42. The van der Waals surface area contributed by atoms with E-state index in [1.54, 1.807) is 11.3 Å². The Hall–Kier alpha value is -0.450. The molecule has 0 radical (unpaired) electrons. The van der Waals surface area contributed by atoms with Gasteiger partial charge >= 0.3 is 0 Å². The third kappa shape index (κ3) is 2.53. The maximum absolute atomic E-state index is 4.05. The fourth-order valence-electron chi connectivity index (χ4n) is 1.85. The number of nitrogens with one attached hydrogen (secondary N) is 2. The summed E-state index contributed by atoms with van der Waals surface area (Å²) in [6.07, 6.45) is 3.25. The molecule has 0 saturated carbocycles. The van der Waals surface area contributed by atoms with E-state index < -0.39 is 0 Å². The molecule has 2 rings (SSSR count). The minimum absolute atomic E-state index is 0.655. The Bertz CT molecular complexity index is 260. The van der Waals surface area contributed by atoms with Crippen LogP contribution in [-0.2, 0) is 6.54 Å². The Morgan fingerprint density at radius 1 is 1.71 bits per heavy atom. The Kier molecular flexibility index (Phi) is 3.50. The van der Waals surface area contributed by atoms with E-state index in [-0.39, 0.29) is 0 Å². The molecular formula is C10H17N3S. The molecule has 1 aromatic rings. The van der Waals surface area contributed by atoms with Crippen LogP contribution in [0.5, 0.6) is 0 Å². The molecule has 1 aliphatic heterocycles. The van der Waals surface area contributed by atoms with Gasteiger partial charge in [0.1, 0.15) is 0 Å². The minimum Gasteiger partial charge on any atom is -0.312 e. The van der Waals surface area contributed by atoms with Crippen LogP contribution in [0.25, 0.3) is 0 Å². The SMILES string of the molecule is CC1CCNC1CNCc1cncs1. The van der Waals surface area contributed by atoms with Gasteiger partial charge in [0, 0.05) is 30.2 Å². The summed E-state index contributed by atoms with van der Waals surface area (Å²) in [6, 6.07) is 0.655. The summed E-state index contributed by atoms with van der Waals surface area (Å²) in [4.78, 5) is 5.37. The molecule has 0 aliphatic carbocycles. The van der Waals surface area contributed by atoms with Crippen LogP contribution < -0.4 is 10.6 Å². The molecule has 14 heavy (non-hydrogen) atoms. The number of hydrogen-bond acceptors (Lipinski definition) is 4. The molecule has 0 aromatic carbocycles. The summed E-state index contributed by atoms with van der Waals surface area (Å²) < 4.78 is 0. The minimum atomic E-state index is 0.655. The molecule has 0 spiro atoms. The lowest BCUT2D eigenvalue weighted by Crippen LogP contribution is -2.36. The molecule has 78 valence electrons. The summed E-state index contributed by atoms with van der Waals surface area (Å²) in [7, 11) is 0. The summed E-state index contributed by atoms with van der Waals surface area (Å²) in [5.41, 5.74) is 1.88. The Morgan fingerprint density at radius 3 is 3.29 bits per heavy atom. The summed E-state index contributed by atoms with van der Waals surface area (Å²) in [5, 5.41) is 6.98. The zero-order valence-corrected chi connectivity index (χ0v) is 9.31. The highest BCUT2D eigenvalue weighted by Gasteiger charge is 2.21. The van der Waals surface area contributed by atoms with Gasteiger partial charge in [-0.15, -0.1) is 11.3 Å². The third-order valence-electron chi connectivity index (χ3n) is 2.84. The average Bonchev–Trinajstić information content (AvgIpc) is 2.78. The topological polar surface area (TPSA) is 37.0 Å². The third-order valence-corrected chi connectivity index (χ3v) is 3.62. The van der Waals surface area contributed by atoms with E-state index in [1.165, 1.54) is 17.8 Å². The molecule has 1 fully saturated rings. The first-order chi connectivity index (χ1) is 6.86. The van der Waals surface area contributed by atoms with Gasteiger partial charge in [0.05, 0.1) is 5.51 Å². The number of aromatic nitrogens is 1. The molecule has 1 aliphatic rings. The van der Waals surface area contributed by atoms with Gasteiger partial charge in [0.2, 0.25) is 0 Å². The number of hydrogen-bond donors (Lipinski definition) is 2. The predicted molar refractivity (Wildman–Crippen MR) is 59.4 cm³/mol. The van der Waals surface area contributed by atoms with Gasteiger partial charge in [0.25, 0.3) is 0 Å². The zero-order chi connectivity index (χ0) is 9.80. The van der Waals surface area contributed by atoms with Gasteiger partial charge in [-0.3, -0.25) is 4.98 Å². The molecule has 2 atom stereocenters. The van der Waals surface area contributed by atoms with Gasteiger partial charge in [-0.05, 0) is 18.9 Å². The number of rotatable bonds is 4. The predicted octanol–water partition coefficient (Wildman–Crippen LogP) is 1.23. The summed E-state index contributed by atoms with van der Waals surface area (Å²) in [6.45, 7) is 5.52. The maximum atomic E-state index is 4.05.